The van der Waals surface area contributed by atoms with Gasteiger partial charge >= 0.3 is 0 Å². The molecule has 4 nitrogen and oxygen atoms in total. The predicted octanol–water partition coefficient (Wildman–Crippen LogP) is 11.7. The molecule has 0 amide bonds. The second kappa shape index (κ2) is 10.2. The Morgan fingerprint density at radius 3 is 1.91 bits per heavy atom. The summed E-state index contributed by atoms with van der Waals surface area (Å²) >= 11 is 0. The minimum absolute atomic E-state index is 0.622. The zero-order valence-electron chi connectivity index (χ0n) is 24.2. The van der Waals surface area contributed by atoms with E-state index in [1.807, 2.05) is 54.6 Å². The second-order valence-electron chi connectivity index (χ2n) is 11.2. The smallest absolute Gasteiger partial charge is 0.227 e. The Kier molecular flexibility index (Phi) is 5.78. The topological polar surface area (TPSA) is 42.4 Å². The molecule has 0 bridgehead atoms. The van der Waals surface area contributed by atoms with Gasteiger partial charge in [-0.05, 0) is 77.7 Å². The minimum Gasteiger partial charge on any atom is -0.456 e. The molecule has 0 spiro atoms. The molecule has 0 saturated carbocycles. The number of benzene rings is 7. The van der Waals surface area contributed by atoms with E-state index in [4.69, 9.17) is 13.8 Å². The van der Waals surface area contributed by atoms with Crippen LogP contribution in [-0.2, 0) is 0 Å². The maximum atomic E-state index is 6.44. The summed E-state index contributed by atoms with van der Waals surface area (Å²) in [6.45, 7) is 0. The Hall–Kier alpha value is -6.13. The first kappa shape index (κ1) is 25.4. The van der Waals surface area contributed by atoms with Crippen LogP contribution in [0.4, 0.5) is 17.1 Å². The third kappa shape index (κ3) is 4.27. The molecule has 2 heterocycles. The van der Waals surface area contributed by atoms with Crippen molar-refractivity contribution in [3.05, 3.63) is 158 Å². The largest absolute Gasteiger partial charge is 0.456 e. The first-order valence-corrected chi connectivity index (χ1v) is 15.0. The van der Waals surface area contributed by atoms with Crippen LogP contribution in [-0.4, -0.2) is 4.98 Å². The zero-order chi connectivity index (χ0) is 29.7. The van der Waals surface area contributed by atoms with Gasteiger partial charge in [-0.2, -0.15) is 0 Å². The van der Waals surface area contributed by atoms with Crippen LogP contribution >= 0.6 is 0 Å². The summed E-state index contributed by atoms with van der Waals surface area (Å²) in [5, 5.41) is 4.38. The molecule has 0 aliphatic rings. The van der Waals surface area contributed by atoms with Crippen LogP contribution in [0, 0.1) is 0 Å². The van der Waals surface area contributed by atoms with Crippen LogP contribution in [0.5, 0.6) is 0 Å². The van der Waals surface area contributed by atoms with Crippen molar-refractivity contribution in [1.29, 1.82) is 0 Å². The number of rotatable bonds is 5. The van der Waals surface area contributed by atoms with E-state index in [1.165, 1.54) is 0 Å². The van der Waals surface area contributed by atoms with Gasteiger partial charge in [0.25, 0.3) is 0 Å². The molecule has 45 heavy (non-hydrogen) atoms. The number of fused-ring (bicyclic) bond motifs is 6. The van der Waals surface area contributed by atoms with E-state index < -0.39 is 0 Å². The Morgan fingerprint density at radius 1 is 0.444 bits per heavy atom. The lowest BCUT2D eigenvalue weighted by molar-refractivity contribution is 0.623. The molecule has 0 aliphatic heterocycles. The Balaban J connectivity index is 1.19. The van der Waals surface area contributed by atoms with Crippen molar-refractivity contribution < 1.29 is 8.83 Å². The Labute approximate surface area is 259 Å². The van der Waals surface area contributed by atoms with Gasteiger partial charge < -0.3 is 13.7 Å². The fraction of sp³-hybridized carbons (Fsp3) is 0. The maximum absolute atomic E-state index is 6.44. The van der Waals surface area contributed by atoms with E-state index in [2.05, 4.69) is 108 Å². The molecule has 0 atom stereocenters. The summed E-state index contributed by atoms with van der Waals surface area (Å²) in [5.41, 5.74) is 9.70. The van der Waals surface area contributed by atoms with E-state index in [0.29, 0.717) is 5.89 Å². The molecule has 9 rings (SSSR count). The fourth-order valence-corrected chi connectivity index (χ4v) is 6.33. The van der Waals surface area contributed by atoms with Gasteiger partial charge in [0.1, 0.15) is 16.7 Å². The number of furan rings is 1. The molecule has 0 unspecified atom stereocenters. The van der Waals surface area contributed by atoms with Gasteiger partial charge in [0.15, 0.2) is 5.58 Å². The van der Waals surface area contributed by atoms with E-state index in [1.54, 1.807) is 0 Å². The van der Waals surface area contributed by atoms with Gasteiger partial charge in [-0.25, -0.2) is 4.98 Å². The van der Waals surface area contributed by atoms with Crippen molar-refractivity contribution in [3.8, 4) is 22.6 Å². The molecule has 0 saturated heterocycles. The van der Waals surface area contributed by atoms with Gasteiger partial charge in [-0.15, -0.1) is 0 Å². The summed E-state index contributed by atoms with van der Waals surface area (Å²) in [6, 6.07) is 54.4. The number of aromatic nitrogens is 1. The van der Waals surface area contributed by atoms with Crippen molar-refractivity contribution in [3.63, 3.8) is 0 Å². The predicted molar refractivity (Wildman–Crippen MR) is 184 cm³/mol. The summed E-state index contributed by atoms with van der Waals surface area (Å²) < 4.78 is 12.6. The van der Waals surface area contributed by atoms with Gasteiger partial charge in [0.2, 0.25) is 5.89 Å². The maximum Gasteiger partial charge on any atom is 0.227 e. The molecule has 0 fully saturated rings. The third-order valence-corrected chi connectivity index (χ3v) is 8.48. The Morgan fingerprint density at radius 2 is 1.09 bits per heavy atom. The highest BCUT2D eigenvalue weighted by molar-refractivity contribution is 6.10. The number of anilines is 3. The molecule has 0 radical (unpaired) electrons. The second-order valence-corrected chi connectivity index (χ2v) is 11.2. The molecule has 0 aliphatic carbocycles. The highest BCUT2D eigenvalue weighted by atomic mass is 16.3. The molecule has 0 N–H and O–H groups in total. The number of oxazole rings is 1. The highest BCUT2D eigenvalue weighted by Crippen LogP contribution is 2.41. The summed E-state index contributed by atoms with van der Waals surface area (Å²) in [4.78, 5) is 7.31. The van der Waals surface area contributed by atoms with Crippen molar-refractivity contribution in [2.24, 2.45) is 0 Å². The monoisotopic (exact) mass is 578 g/mol. The highest BCUT2D eigenvalue weighted by Gasteiger charge is 2.19. The average molecular weight is 579 g/mol. The fourth-order valence-electron chi connectivity index (χ4n) is 6.33. The molecular weight excluding hydrogens is 552 g/mol. The van der Waals surface area contributed by atoms with Crippen LogP contribution in [0.25, 0.3) is 66.4 Å². The van der Waals surface area contributed by atoms with Gasteiger partial charge in [-0.3, -0.25) is 0 Å². The van der Waals surface area contributed by atoms with Crippen LogP contribution < -0.4 is 4.90 Å². The molecule has 9 aromatic rings. The van der Waals surface area contributed by atoms with E-state index in [9.17, 15) is 0 Å². The number of para-hydroxylation sites is 2. The zero-order valence-corrected chi connectivity index (χ0v) is 24.2. The Bertz CT molecular complexity index is 2480. The number of nitrogens with zero attached hydrogens (tertiary/aromatic N) is 2. The third-order valence-electron chi connectivity index (χ3n) is 8.48. The van der Waals surface area contributed by atoms with Crippen molar-refractivity contribution >= 4 is 60.9 Å². The van der Waals surface area contributed by atoms with Crippen LogP contribution in [0.1, 0.15) is 0 Å². The van der Waals surface area contributed by atoms with Gasteiger partial charge in [-0.1, -0.05) is 91.0 Å². The quantitative estimate of drug-likeness (QED) is 0.204. The molecule has 212 valence electrons. The lowest BCUT2D eigenvalue weighted by Crippen LogP contribution is -2.09. The summed E-state index contributed by atoms with van der Waals surface area (Å²) in [6.07, 6.45) is 0. The van der Waals surface area contributed by atoms with Crippen LogP contribution in [0.2, 0.25) is 0 Å². The molecule has 7 aromatic carbocycles. The molecule has 2 aromatic heterocycles. The van der Waals surface area contributed by atoms with Gasteiger partial charge in [0.05, 0.1) is 0 Å². The summed E-state index contributed by atoms with van der Waals surface area (Å²) in [7, 11) is 0. The summed E-state index contributed by atoms with van der Waals surface area (Å²) in [5.74, 6) is 0.622. The van der Waals surface area contributed by atoms with Crippen LogP contribution in [0.3, 0.4) is 0 Å². The van der Waals surface area contributed by atoms with E-state index in [0.717, 1.165) is 77.6 Å². The van der Waals surface area contributed by atoms with Gasteiger partial charge in [0, 0.05) is 44.3 Å². The van der Waals surface area contributed by atoms with E-state index in [-0.39, 0.29) is 0 Å². The van der Waals surface area contributed by atoms with Crippen molar-refractivity contribution in [1.82, 2.24) is 4.98 Å². The van der Waals surface area contributed by atoms with Crippen LogP contribution in [0.15, 0.2) is 167 Å². The lowest BCUT2D eigenvalue weighted by Gasteiger charge is -2.25. The van der Waals surface area contributed by atoms with Crippen molar-refractivity contribution in [2.75, 3.05) is 4.90 Å². The first-order valence-electron chi connectivity index (χ1n) is 15.0. The van der Waals surface area contributed by atoms with E-state index >= 15 is 0 Å². The SMILES string of the molecule is c1ccc(-c2nc3c(-c4ccc(N(c5ccccc5)c5ccc6oc7ccccc7c6c5)cc4)cc4ccccc4c3o2)cc1. The van der Waals surface area contributed by atoms with Crippen molar-refractivity contribution in [2.45, 2.75) is 0 Å². The molecular formula is C41H26N2O2. The normalized spacial score (nSPS) is 11.6. The number of hydrogen-bond acceptors (Lipinski definition) is 4. The number of hydrogen-bond donors (Lipinski definition) is 0. The molecule has 4 heteroatoms. The average Bonchev–Trinajstić information content (AvgIpc) is 3.72. The lowest BCUT2D eigenvalue weighted by atomic mass is 9.99. The first-order chi connectivity index (χ1) is 22.3. The standard InChI is InChI=1S/C41H26N2O2/c1-3-11-28(12-4-1)41-42-39-35(25-29-13-7-8-16-33(29)40(39)45-41)27-19-21-31(22-20-27)43(30-14-5-2-6-15-30)32-23-24-38-36(26-32)34-17-9-10-18-37(34)44-38/h1-26H. The minimum atomic E-state index is 0.622.